The Hall–Kier alpha value is -1.24. The third-order valence-electron chi connectivity index (χ3n) is 1.81. The topological polar surface area (TPSA) is 15.8 Å². The van der Waals surface area contributed by atoms with Gasteiger partial charge in [0.05, 0.1) is 0 Å². The molecule has 1 aromatic heterocycles. The Kier molecular flexibility index (Phi) is 6.55. The van der Waals surface area contributed by atoms with Crippen molar-refractivity contribution in [3.63, 3.8) is 0 Å². The molecule has 2 rings (SSSR count). The number of aryl methyl sites for hydroxylation is 1. The molecular formula is C13H21N. The molecule has 0 bridgehead atoms. The van der Waals surface area contributed by atoms with Crippen LogP contribution in [0.25, 0.3) is 10.9 Å². The maximum absolute atomic E-state index is 3.16. The first-order valence-corrected chi connectivity index (χ1v) is 5.40. The highest BCUT2D eigenvalue weighted by Crippen LogP contribution is 2.15. The van der Waals surface area contributed by atoms with Crippen LogP contribution in [0.4, 0.5) is 0 Å². The summed E-state index contributed by atoms with van der Waals surface area (Å²) in [4.78, 5) is 3.16. The minimum Gasteiger partial charge on any atom is -0.361 e. The summed E-state index contributed by atoms with van der Waals surface area (Å²) >= 11 is 0. The minimum atomic E-state index is 1.22. The minimum absolute atomic E-state index is 1.22. The molecule has 0 amide bonds. The normalized spacial score (nSPS) is 8.36. The van der Waals surface area contributed by atoms with Gasteiger partial charge in [-0.1, -0.05) is 39.8 Å². The molecule has 14 heavy (non-hydrogen) atoms. The number of H-pyrrole nitrogens is 1. The average Bonchev–Trinajstić information content (AvgIpc) is 2.73. The first-order valence-electron chi connectivity index (χ1n) is 5.40. The molecule has 78 valence electrons. The van der Waals surface area contributed by atoms with E-state index in [4.69, 9.17) is 0 Å². The van der Waals surface area contributed by atoms with Gasteiger partial charge in [-0.15, -0.1) is 0 Å². The molecule has 1 heterocycles. The van der Waals surface area contributed by atoms with E-state index < -0.39 is 0 Å². The fourth-order valence-electron chi connectivity index (χ4n) is 1.24. The van der Waals surface area contributed by atoms with Crippen LogP contribution in [0.15, 0.2) is 30.5 Å². The van der Waals surface area contributed by atoms with Gasteiger partial charge in [0.15, 0.2) is 0 Å². The smallest absolute Gasteiger partial charge is 0.0456 e. The van der Waals surface area contributed by atoms with Gasteiger partial charge in [0.25, 0.3) is 0 Å². The molecule has 0 saturated heterocycles. The second-order valence-corrected chi connectivity index (χ2v) is 2.51. The summed E-state index contributed by atoms with van der Waals surface area (Å²) in [5, 5.41) is 1.32. The van der Waals surface area contributed by atoms with E-state index in [0.717, 1.165) is 0 Å². The third kappa shape index (κ3) is 2.91. The average molecular weight is 191 g/mol. The Bertz CT molecular complexity index is 347. The van der Waals surface area contributed by atoms with E-state index in [-0.39, 0.29) is 0 Å². The Morgan fingerprint density at radius 1 is 0.929 bits per heavy atom. The number of rotatable bonds is 0. The summed E-state index contributed by atoms with van der Waals surface area (Å²) in [6.45, 7) is 10.1. The summed E-state index contributed by atoms with van der Waals surface area (Å²) in [6, 6.07) is 8.37. The van der Waals surface area contributed by atoms with Crippen molar-refractivity contribution in [3.8, 4) is 0 Å². The fraction of sp³-hybridized carbons (Fsp3) is 0.385. The Balaban J connectivity index is 0.000000379. The van der Waals surface area contributed by atoms with Crippen molar-refractivity contribution in [2.75, 3.05) is 0 Å². The van der Waals surface area contributed by atoms with Crippen LogP contribution >= 0.6 is 0 Å². The largest absolute Gasteiger partial charge is 0.361 e. The summed E-state index contributed by atoms with van der Waals surface area (Å²) < 4.78 is 0. The maximum Gasteiger partial charge on any atom is 0.0456 e. The summed E-state index contributed by atoms with van der Waals surface area (Å²) in [5.41, 5.74) is 2.55. The zero-order chi connectivity index (χ0) is 11.0. The van der Waals surface area contributed by atoms with Gasteiger partial charge in [-0.05, 0) is 24.6 Å². The van der Waals surface area contributed by atoms with Crippen LogP contribution in [-0.2, 0) is 0 Å². The van der Waals surface area contributed by atoms with Crippen LogP contribution in [0.2, 0.25) is 0 Å². The number of hydrogen-bond acceptors (Lipinski definition) is 0. The molecule has 1 N–H and O–H groups in total. The van der Waals surface area contributed by atoms with Gasteiger partial charge in [-0.3, -0.25) is 0 Å². The van der Waals surface area contributed by atoms with Gasteiger partial charge >= 0.3 is 0 Å². The summed E-state index contributed by atoms with van der Waals surface area (Å²) in [5.74, 6) is 0. The molecule has 1 heteroatoms. The van der Waals surface area contributed by atoms with Crippen LogP contribution in [-0.4, -0.2) is 4.98 Å². The van der Waals surface area contributed by atoms with Crippen molar-refractivity contribution in [3.05, 3.63) is 36.0 Å². The first-order chi connectivity index (χ1) is 6.88. The molecule has 0 radical (unpaired) electrons. The molecule has 0 aliphatic rings. The lowest BCUT2D eigenvalue weighted by molar-refractivity contribution is 1.47. The van der Waals surface area contributed by atoms with E-state index >= 15 is 0 Å². The number of fused-ring (bicyclic) bond motifs is 1. The molecule has 0 aliphatic heterocycles. The van der Waals surface area contributed by atoms with Crippen LogP contribution in [0.3, 0.4) is 0 Å². The Labute approximate surface area is 87.2 Å². The second kappa shape index (κ2) is 7.19. The van der Waals surface area contributed by atoms with Crippen LogP contribution in [0.1, 0.15) is 33.3 Å². The number of nitrogens with one attached hydrogen (secondary N) is 1. The third-order valence-corrected chi connectivity index (χ3v) is 1.81. The lowest BCUT2D eigenvalue weighted by Crippen LogP contribution is -1.71. The summed E-state index contributed by atoms with van der Waals surface area (Å²) in [6.07, 6.45) is 1.97. The van der Waals surface area contributed by atoms with Gasteiger partial charge in [0.1, 0.15) is 0 Å². The molecule has 0 atom stereocenters. The van der Waals surface area contributed by atoms with Gasteiger partial charge in [-0.25, -0.2) is 0 Å². The molecule has 1 nitrogen and oxygen atoms in total. The van der Waals surface area contributed by atoms with Crippen molar-refractivity contribution in [2.24, 2.45) is 0 Å². The maximum atomic E-state index is 3.16. The molecule has 0 fully saturated rings. The molecule has 0 unspecified atom stereocenters. The highest BCUT2D eigenvalue weighted by Gasteiger charge is 1.93. The van der Waals surface area contributed by atoms with Crippen molar-refractivity contribution in [2.45, 2.75) is 34.6 Å². The van der Waals surface area contributed by atoms with E-state index in [0.29, 0.717) is 0 Å². The number of hydrogen-bond donors (Lipinski definition) is 1. The quantitative estimate of drug-likeness (QED) is 0.629. The van der Waals surface area contributed by atoms with Crippen LogP contribution < -0.4 is 0 Å². The standard InChI is InChI=1S/C9H9N.2C2H6/c1-7-3-2-4-9-8(7)5-6-10-9;2*1-2/h2-6,10H,1H3;2*1-2H3. The summed E-state index contributed by atoms with van der Waals surface area (Å²) in [7, 11) is 0. The van der Waals surface area contributed by atoms with Gasteiger partial charge in [0.2, 0.25) is 0 Å². The van der Waals surface area contributed by atoms with Crippen molar-refractivity contribution in [1.82, 2.24) is 4.98 Å². The molecule has 0 saturated carbocycles. The predicted molar refractivity (Wildman–Crippen MR) is 65.7 cm³/mol. The Morgan fingerprint density at radius 2 is 1.57 bits per heavy atom. The van der Waals surface area contributed by atoms with Crippen molar-refractivity contribution < 1.29 is 0 Å². The van der Waals surface area contributed by atoms with Crippen molar-refractivity contribution in [1.29, 1.82) is 0 Å². The van der Waals surface area contributed by atoms with Crippen LogP contribution in [0, 0.1) is 6.92 Å². The van der Waals surface area contributed by atoms with E-state index in [1.165, 1.54) is 16.5 Å². The van der Waals surface area contributed by atoms with E-state index in [2.05, 4.69) is 36.2 Å². The molecule has 0 aliphatic carbocycles. The van der Waals surface area contributed by atoms with Crippen LogP contribution in [0.5, 0.6) is 0 Å². The van der Waals surface area contributed by atoms with Gasteiger partial charge in [0, 0.05) is 17.1 Å². The second-order valence-electron chi connectivity index (χ2n) is 2.51. The number of benzene rings is 1. The van der Waals surface area contributed by atoms with Crippen molar-refractivity contribution >= 4 is 10.9 Å². The highest BCUT2D eigenvalue weighted by atomic mass is 14.7. The van der Waals surface area contributed by atoms with E-state index in [1.54, 1.807) is 0 Å². The molecule has 2 aromatic rings. The number of aromatic amines is 1. The zero-order valence-corrected chi connectivity index (χ0v) is 9.89. The van der Waals surface area contributed by atoms with Gasteiger partial charge < -0.3 is 4.98 Å². The fourth-order valence-corrected chi connectivity index (χ4v) is 1.24. The monoisotopic (exact) mass is 191 g/mol. The number of aromatic nitrogens is 1. The predicted octanol–water partition coefficient (Wildman–Crippen LogP) is 4.53. The highest BCUT2D eigenvalue weighted by molar-refractivity contribution is 5.82. The molecule has 1 aromatic carbocycles. The lowest BCUT2D eigenvalue weighted by Gasteiger charge is -1.92. The van der Waals surface area contributed by atoms with E-state index in [9.17, 15) is 0 Å². The van der Waals surface area contributed by atoms with Gasteiger partial charge in [-0.2, -0.15) is 0 Å². The lowest BCUT2D eigenvalue weighted by atomic mass is 10.1. The van der Waals surface area contributed by atoms with E-state index in [1.807, 2.05) is 33.9 Å². The zero-order valence-electron chi connectivity index (χ0n) is 9.89. The SMILES string of the molecule is CC.CC.Cc1cccc2[nH]ccc12. The first kappa shape index (κ1) is 12.8. The molecular weight excluding hydrogens is 170 g/mol. The Morgan fingerprint density at radius 3 is 2.14 bits per heavy atom. The molecule has 0 spiro atoms.